The third kappa shape index (κ3) is 2.78. The molecular formula is C14H12N4O4S. The van der Waals surface area contributed by atoms with E-state index >= 15 is 0 Å². The first kappa shape index (κ1) is 15.1. The minimum Gasteiger partial charge on any atom is -0.361 e. The number of hydrogen-bond donors (Lipinski definition) is 0. The number of aryl methyl sites for hydroxylation is 2. The van der Waals surface area contributed by atoms with Gasteiger partial charge in [-0.05, 0) is 19.9 Å². The number of nitro groups is 1. The maximum absolute atomic E-state index is 12.1. The van der Waals surface area contributed by atoms with Gasteiger partial charge in [-0.25, -0.2) is 0 Å². The second-order valence-electron chi connectivity index (χ2n) is 4.78. The second-order valence-corrected chi connectivity index (χ2v) is 5.79. The lowest BCUT2D eigenvalue weighted by Gasteiger charge is -1.99. The van der Waals surface area contributed by atoms with Crippen LogP contribution in [0.2, 0.25) is 0 Å². The van der Waals surface area contributed by atoms with Crippen LogP contribution in [0.5, 0.6) is 0 Å². The summed E-state index contributed by atoms with van der Waals surface area (Å²) in [6, 6.07) is 6.10. The van der Waals surface area contributed by atoms with E-state index in [0.717, 1.165) is 5.52 Å². The highest BCUT2D eigenvalue weighted by atomic mass is 32.1. The van der Waals surface area contributed by atoms with Crippen LogP contribution in [0.25, 0.3) is 10.2 Å². The summed E-state index contributed by atoms with van der Waals surface area (Å²) in [7, 11) is 0. The molecule has 0 aliphatic carbocycles. The smallest absolute Gasteiger partial charge is 0.301 e. The van der Waals surface area contributed by atoms with Crippen molar-refractivity contribution in [2.24, 2.45) is 4.99 Å². The van der Waals surface area contributed by atoms with Crippen LogP contribution < -0.4 is 4.80 Å². The van der Waals surface area contributed by atoms with Gasteiger partial charge in [0.1, 0.15) is 5.76 Å². The van der Waals surface area contributed by atoms with E-state index < -0.39 is 10.8 Å². The zero-order valence-corrected chi connectivity index (χ0v) is 13.2. The van der Waals surface area contributed by atoms with Gasteiger partial charge in [0.15, 0.2) is 10.5 Å². The van der Waals surface area contributed by atoms with Gasteiger partial charge in [0.05, 0.1) is 15.1 Å². The molecule has 1 amide bonds. The summed E-state index contributed by atoms with van der Waals surface area (Å²) in [6.45, 7) is 4.19. The van der Waals surface area contributed by atoms with Crippen LogP contribution in [0, 0.1) is 17.0 Å². The monoisotopic (exact) mass is 332 g/mol. The quantitative estimate of drug-likeness (QED) is 0.542. The normalized spacial score (nSPS) is 12.0. The van der Waals surface area contributed by atoms with Gasteiger partial charge in [-0.2, -0.15) is 4.99 Å². The summed E-state index contributed by atoms with van der Waals surface area (Å²) in [6.07, 6.45) is 0. The van der Waals surface area contributed by atoms with Crippen molar-refractivity contribution in [3.8, 4) is 0 Å². The number of amides is 1. The number of nitrogens with zero attached hydrogens (tertiary/aromatic N) is 4. The molecule has 0 fully saturated rings. The van der Waals surface area contributed by atoms with Crippen LogP contribution in [-0.2, 0) is 6.54 Å². The van der Waals surface area contributed by atoms with Crippen LogP contribution in [0.1, 0.15) is 23.2 Å². The fourth-order valence-electron chi connectivity index (χ4n) is 2.18. The highest BCUT2D eigenvalue weighted by Gasteiger charge is 2.14. The van der Waals surface area contributed by atoms with Gasteiger partial charge < -0.3 is 9.09 Å². The molecule has 1 aromatic carbocycles. The van der Waals surface area contributed by atoms with Crippen molar-refractivity contribution < 1.29 is 14.2 Å². The van der Waals surface area contributed by atoms with E-state index in [0.29, 0.717) is 21.8 Å². The van der Waals surface area contributed by atoms with Crippen LogP contribution in [0.3, 0.4) is 0 Å². The molecule has 8 nitrogen and oxygen atoms in total. The number of benzene rings is 1. The molecule has 0 atom stereocenters. The molecule has 0 unspecified atom stereocenters. The van der Waals surface area contributed by atoms with E-state index in [-0.39, 0.29) is 11.4 Å². The number of aromatic nitrogens is 2. The van der Waals surface area contributed by atoms with E-state index in [1.165, 1.54) is 29.5 Å². The highest BCUT2D eigenvalue weighted by molar-refractivity contribution is 7.16. The molecule has 0 aliphatic heterocycles. The first-order valence-electron chi connectivity index (χ1n) is 6.79. The van der Waals surface area contributed by atoms with Crippen molar-refractivity contribution in [3.63, 3.8) is 0 Å². The SMILES string of the molecule is CCn1c(=NC(=O)c2cc(C)on2)sc2cc([N+](=O)[O-])ccc21. The Morgan fingerprint density at radius 1 is 1.48 bits per heavy atom. The third-order valence-corrected chi connectivity index (χ3v) is 4.28. The summed E-state index contributed by atoms with van der Waals surface area (Å²) in [5.41, 5.74) is 0.937. The molecule has 3 rings (SSSR count). The van der Waals surface area contributed by atoms with Crippen molar-refractivity contribution in [1.29, 1.82) is 0 Å². The summed E-state index contributed by atoms with van der Waals surface area (Å²) in [5, 5.41) is 14.5. The first-order valence-corrected chi connectivity index (χ1v) is 7.61. The topological polar surface area (TPSA) is 104 Å². The fraction of sp³-hybridized carbons (Fsp3) is 0.214. The summed E-state index contributed by atoms with van der Waals surface area (Å²) in [4.78, 5) is 27.1. The molecule has 0 aliphatic rings. The Balaban J connectivity index is 2.14. The standard InChI is InChI=1S/C14H12N4O4S/c1-3-17-11-5-4-9(18(20)21)7-12(11)23-14(17)15-13(19)10-6-8(2)22-16-10/h4-7H,3H2,1-2H3. The molecule has 2 aromatic heterocycles. The molecule has 3 aromatic rings. The Kier molecular flexibility index (Phi) is 3.78. The molecular weight excluding hydrogens is 320 g/mol. The zero-order valence-electron chi connectivity index (χ0n) is 12.3. The molecule has 0 saturated carbocycles. The minimum absolute atomic E-state index is 0.00649. The maximum Gasteiger partial charge on any atom is 0.301 e. The Hall–Kier alpha value is -2.81. The van der Waals surface area contributed by atoms with E-state index in [1.807, 2.05) is 11.5 Å². The first-order chi connectivity index (χ1) is 11.0. The number of hydrogen-bond acceptors (Lipinski definition) is 6. The average molecular weight is 332 g/mol. The Labute approximate surface area is 133 Å². The lowest BCUT2D eigenvalue weighted by Crippen LogP contribution is -2.15. The van der Waals surface area contributed by atoms with Crippen LogP contribution >= 0.6 is 11.3 Å². The van der Waals surface area contributed by atoms with Gasteiger partial charge in [-0.3, -0.25) is 14.9 Å². The molecule has 9 heteroatoms. The van der Waals surface area contributed by atoms with Crippen molar-refractivity contribution in [3.05, 3.63) is 50.6 Å². The molecule has 0 spiro atoms. The summed E-state index contributed by atoms with van der Waals surface area (Å²) >= 11 is 1.22. The van der Waals surface area contributed by atoms with Gasteiger partial charge in [-0.15, -0.1) is 0 Å². The Bertz CT molecular complexity index is 982. The molecule has 2 heterocycles. The van der Waals surface area contributed by atoms with E-state index in [4.69, 9.17) is 4.52 Å². The number of thiazole rings is 1. The van der Waals surface area contributed by atoms with Gasteiger partial charge >= 0.3 is 5.91 Å². The van der Waals surface area contributed by atoms with E-state index in [1.54, 1.807) is 13.0 Å². The van der Waals surface area contributed by atoms with E-state index in [2.05, 4.69) is 10.1 Å². The van der Waals surface area contributed by atoms with Crippen molar-refractivity contribution in [2.45, 2.75) is 20.4 Å². The van der Waals surface area contributed by atoms with Gasteiger partial charge in [-0.1, -0.05) is 16.5 Å². The number of fused-ring (bicyclic) bond motifs is 1. The average Bonchev–Trinajstić information content (AvgIpc) is 3.09. The van der Waals surface area contributed by atoms with Crippen LogP contribution in [0.4, 0.5) is 5.69 Å². The predicted octanol–water partition coefficient (Wildman–Crippen LogP) is 2.67. The maximum atomic E-state index is 12.1. The van der Waals surface area contributed by atoms with Gasteiger partial charge in [0.2, 0.25) is 0 Å². The third-order valence-electron chi connectivity index (χ3n) is 3.24. The Morgan fingerprint density at radius 2 is 2.26 bits per heavy atom. The summed E-state index contributed by atoms with van der Waals surface area (Å²) < 4.78 is 7.40. The number of nitro benzene ring substituents is 1. The number of carbonyl (C=O) groups is 1. The van der Waals surface area contributed by atoms with Gasteiger partial charge in [0, 0.05) is 24.7 Å². The lowest BCUT2D eigenvalue weighted by molar-refractivity contribution is -0.384. The van der Waals surface area contributed by atoms with Gasteiger partial charge in [0.25, 0.3) is 5.69 Å². The van der Waals surface area contributed by atoms with E-state index in [9.17, 15) is 14.9 Å². The van der Waals surface area contributed by atoms with Crippen molar-refractivity contribution in [1.82, 2.24) is 9.72 Å². The van der Waals surface area contributed by atoms with Crippen LogP contribution in [0.15, 0.2) is 33.8 Å². The number of non-ortho nitro benzene ring substituents is 1. The fourth-order valence-corrected chi connectivity index (χ4v) is 3.30. The zero-order chi connectivity index (χ0) is 16.6. The predicted molar refractivity (Wildman–Crippen MR) is 83.3 cm³/mol. The molecule has 0 saturated heterocycles. The molecule has 118 valence electrons. The molecule has 23 heavy (non-hydrogen) atoms. The molecule has 0 bridgehead atoms. The van der Waals surface area contributed by atoms with Crippen LogP contribution in [-0.4, -0.2) is 20.6 Å². The number of carbonyl (C=O) groups excluding carboxylic acids is 1. The summed E-state index contributed by atoms with van der Waals surface area (Å²) in [5.74, 6) is 0.0176. The molecule has 0 N–H and O–H groups in total. The minimum atomic E-state index is -0.509. The largest absolute Gasteiger partial charge is 0.361 e. The second kappa shape index (κ2) is 5.76. The lowest BCUT2D eigenvalue weighted by atomic mass is 10.3. The van der Waals surface area contributed by atoms with Crippen molar-refractivity contribution >= 4 is 33.1 Å². The van der Waals surface area contributed by atoms with Crippen molar-refractivity contribution in [2.75, 3.05) is 0 Å². The number of rotatable bonds is 3. The molecule has 0 radical (unpaired) electrons. The highest BCUT2D eigenvalue weighted by Crippen LogP contribution is 2.23. The Morgan fingerprint density at radius 3 is 2.87 bits per heavy atom.